The molecule has 4 nitrogen and oxygen atoms in total. The minimum atomic E-state index is -0.606. The molecule has 0 fully saturated rings. The van der Waals surface area contributed by atoms with E-state index < -0.39 is 11.8 Å². The third-order valence-corrected chi connectivity index (χ3v) is 3.86. The molecular formula is C17H12BrFN2O2. The molecule has 3 aromatic rings. The summed E-state index contributed by atoms with van der Waals surface area (Å²) in [6.45, 7) is 0.0155. The number of aromatic nitrogens is 2. The Labute approximate surface area is 140 Å². The van der Waals surface area contributed by atoms with Crippen LogP contribution < -0.4 is 0 Å². The van der Waals surface area contributed by atoms with E-state index >= 15 is 0 Å². The van der Waals surface area contributed by atoms with Crippen LogP contribution in [0.4, 0.5) is 4.39 Å². The fourth-order valence-electron chi connectivity index (χ4n) is 2.03. The van der Waals surface area contributed by atoms with Gasteiger partial charge < -0.3 is 4.74 Å². The normalized spacial score (nSPS) is 10.5. The molecule has 0 radical (unpaired) electrons. The minimum absolute atomic E-state index is 0.0155. The number of carbonyl (C=O) groups excluding carboxylic acids is 1. The quantitative estimate of drug-likeness (QED) is 0.644. The van der Waals surface area contributed by atoms with Gasteiger partial charge in [0.1, 0.15) is 18.1 Å². The fourth-order valence-corrected chi connectivity index (χ4v) is 2.44. The molecular weight excluding hydrogens is 363 g/mol. The second-order valence-corrected chi connectivity index (χ2v) is 5.64. The summed E-state index contributed by atoms with van der Waals surface area (Å²) >= 11 is 3.20. The molecule has 0 aliphatic heterocycles. The number of hydrogen-bond donors (Lipinski definition) is 0. The zero-order valence-corrected chi connectivity index (χ0v) is 13.5. The second kappa shape index (κ2) is 6.75. The van der Waals surface area contributed by atoms with Crippen molar-refractivity contribution in [2.75, 3.05) is 0 Å². The first-order valence-corrected chi connectivity index (χ1v) is 7.65. The van der Waals surface area contributed by atoms with Crippen LogP contribution in [0.1, 0.15) is 16.1 Å². The molecule has 0 spiro atoms. The molecule has 1 aromatic heterocycles. The van der Waals surface area contributed by atoms with Crippen LogP contribution in [0.15, 0.2) is 65.3 Å². The van der Waals surface area contributed by atoms with E-state index in [2.05, 4.69) is 21.0 Å². The Morgan fingerprint density at radius 3 is 2.74 bits per heavy atom. The first kappa shape index (κ1) is 15.4. The van der Waals surface area contributed by atoms with Gasteiger partial charge in [0.05, 0.1) is 11.3 Å². The Hall–Kier alpha value is -2.47. The molecule has 0 aliphatic carbocycles. The number of halogens is 2. The molecule has 3 rings (SSSR count). The van der Waals surface area contributed by atoms with Crippen LogP contribution in [0.2, 0.25) is 0 Å². The summed E-state index contributed by atoms with van der Waals surface area (Å²) in [4.78, 5) is 12.0. The van der Waals surface area contributed by atoms with Crippen molar-refractivity contribution in [2.45, 2.75) is 6.61 Å². The highest BCUT2D eigenvalue weighted by molar-refractivity contribution is 9.10. The molecule has 6 heteroatoms. The van der Waals surface area contributed by atoms with Gasteiger partial charge in [0, 0.05) is 10.7 Å². The summed E-state index contributed by atoms with van der Waals surface area (Å²) in [7, 11) is 0. The molecule has 0 amide bonds. The number of benzene rings is 2. The summed E-state index contributed by atoms with van der Waals surface area (Å²) < 4.78 is 20.6. The van der Waals surface area contributed by atoms with Gasteiger partial charge in [-0.05, 0) is 52.3 Å². The maximum atomic E-state index is 13.2. The van der Waals surface area contributed by atoms with E-state index in [1.165, 1.54) is 12.1 Å². The molecule has 116 valence electrons. The van der Waals surface area contributed by atoms with Gasteiger partial charge in [0.15, 0.2) is 0 Å². The van der Waals surface area contributed by atoms with Crippen molar-refractivity contribution >= 4 is 21.9 Å². The lowest BCUT2D eigenvalue weighted by molar-refractivity contribution is 0.0465. The highest BCUT2D eigenvalue weighted by Crippen LogP contribution is 2.19. The Kier molecular flexibility index (Phi) is 4.52. The van der Waals surface area contributed by atoms with E-state index in [0.29, 0.717) is 10.2 Å². The summed E-state index contributed by atoms with van der Waals surface area (Å²) in [5.41, 5.74) is 1.67. The van der Waals surface area contributed by atoms with Crippen molar-refractivity contribution < 1.29 is 13.9 Å². The first-order chi connectivity index (χ1) is 11.1. The van der Waals surface area contributed by atoms with Crippen molar-refractivity contribution in [3.8, 4) is 5.69 Å². The van der Waals surface area contributed by atoms with Crippen molar-refractivity contribution in [2.24, 2.45) is 0 Å². The summed E-state index contributed by atoms with van der Waals surface area (Å²) in [5.74, 6) is -1.10. The molecule has 0 aliphatic rings. The summed E-state index contributed by atoms with van der Waals surface area (Å²) in [6, 6.07) is 15.2. The van der Waals surface area contributed by atoms with Crippen LogP contribution in [0.3, 0.4) is 0 Å². The Morgan fingerprint density at radius 2 is 1.96 bits per heavy atom. The highest BCUT2D eigenvalue weighted by atomic mass is 79.9. The molecule has 0 N–H and O–H groups in total. The molecule has 0 bridgehead atoms. The number of hydrogen-bond acceptors (Lipinski definition) is 3. The van der Waals surface area contributed by atoms with Crippen LogP contribution in [0, 0.1) is 5.82 Å². The number of carbonyl (C=O) groups is 1. The number of para-hydroxylation sites is 1. The van der Waals surface area contributed by atoms with Crippen LogP contribution in [-0.2, 0) is 11.3 Å². The number of ether oxygens (including phenoxy) is 1. The topological polar surface area (TPSA) is 44.1 Å². The summed E-state index contributed by atoms with van der Waals surface area (Å²) in [6.07, 6.45) is 1.79. The van der Waals surface area contributed by atoms with Gasteiger partial charge in [-0.15, -0.1) is 0 Å². The van der Waals surface area contributed by atoms with Crippen molar-refractivity contribution in [3.63, 3.8) is 0 Å². The zero-order chi connectivity index (χ0) is 16.2. The lowest BCUT2D eigenvalue weighted by Gasteiger charge is -2.05. The second-order valence-electron chi connectivity index (χ2n) is 4.79. The smallest absolute Gasteiger partial charge is 0.339 e. The third kappa shape index (κ3) is 3.65. The van der Waals surface area contributed by atoms with Crippen LogP contribution in [0.25, 0.3) is 5.69 Å². The molecule has 2 aromatic carbocycles. The van der Waals surface area contributed by atoms with Gasteiger partial charge in [-0.3, -0.25) is 0 Å². The van der Waals surface area contributed by atoms with Crippen LogP contribution >= 0.6 is 15.9 Å². The SMILES string of the molecule is O=C(OCc1ccn(-c2ccccc2)n1)c1cc(F)ccc1Br. The van der Waals surface area contributed by atoms with E-state index in [-0.39, 0.29) is 12.2 Å². The van der Waals surface area contributed by atoms with Crippen LogP contribution in [0.5, 0.6) is 0 Å². The summed E-state index contributed by atoms with van der Waals surface area (Å²) in [5, 5.41) is 4.34. The van der Waals surface area contributed by atoms with E-state index in [4.69, 9.17) is 4.74 Å². The Morgan fingerprint density at radius 1 is 1.17 bits per heavy atom. The molecule has 0 unspecified atom stereocenters. The third-order valence-electron chi connectivity index (χ3n) is 3.16. The monoisotopic (exact) mass is 374 g/mol. The lowest BCUT2D eigenvalue weighted by atomic mass is 10.2. The zero-order valence-electron chi connectivity index (χ0n) is 11.9. The highest BCUT2D eigenvalue weighted by Gasteiger charge is 2.13. The van der Waals surface area contributed by atoms with E-state index in [1.54, 1.807) is 16.9 Å². The van der Waals surface area contributed by atoms with Gasteiger partial charge >= 0.3 is 5.97 Å². The van der Waals surface area contributed by atoms with E-state index in [0.717, 1.165) is 11.8 Å². The molecule has 23 heavy (non-hydrogen) atoms. The number of nitrogens with zero attached hydrogens (tertiary/aromatic N) is 2. The fraction of sp³-hybridized carbons (Fsp3) is 0.0588. The molecule has 0 saturated carbocycles. The molecule has 1 heterocycles. The average molecular weight is 375 g/mol. The first-order valence-electron chi connectivity index (χ1n) is 6.85. The van der Waals surface area contributed by atoms with Gasteiger partial charge in [-0.1, -0.05) is 18.2 Å². The predicted molar refractivity (Wildman–Crippen MR) is 86.8 cm³/mol. The number of esters is 1. The lowest BCUT2D eigenvalue weighted by Crippen LogP contribution is -2.07. The Bertz CT molecular complexity index is 834. The van der Waals surface area contributed by atoms with Gasteiger partial charge in [0.2, 0.25) is 0 Å². The minimum Gasteiger partial charge on any atom is -0.455 e. The van der Waals surface area contributed by atoms with E-state index in [1.807, 2.05) is 30.3 Å². The maximum Gasteiger partial charge on any atom is 0.339 e. The predicted octanol–water partition coefficient (Wildman–Crippen LogP) is 4.13. The van der Waals surface area contributed by atoms with Crippen LogP contribution in [-0.4, -0.2) is 15.7 Å². The van der Waals surface area contributed by atoms with Crippen molar-refractivity contribution in [1.82, 2.24) is 9.78 Å². The molecule has 0 atom stereocenters. The van der Waals surface area contributed by atoms with Gasteiger partial charge in [0.25, 0.3) is 0 Å². The van der Waals surface area contributed by atoms with Crippen molar-refractivity contribution in [3.05, 3.63) is 82.3 Å². The van der Waals surface area contributed by atoms with Crippen molar-refractivity contribution in [1.29, 1.82) is 0 Å². The maximum absolute atomic E-state index is 13.2. The standard InChI is InChI=1S/C17H12BrFN2O2/c18-16-7-6-12(19)10-15(16)17(22)23-11-13-8-9-21(20-13)14-4-2-1-3-5-14/h1-10H,11H2. The Balaban J connectivity index is 1.68. The average Bonchev–Trinajstić information content (AvgIpc) is 3.05. The van der Waals surface area contributed by atoms with Gasteiger partial charge in [-0.25, -0.2) is 13.9 Å². The largest absolute Gasteiger partial charge is 0.455 e. The number of rotatable bonds is 4. The van der Waals surface area contributed by atoms with Gasteiger partial charge in [-0.2, -0.15) is 5.10 Å². The van der Waals surface area contributed by atoms with E-state index in [9.17, 15) is 9.18 Å². The molecule has 0 saturated heterocycles.